The molecule has 0 saturated carbocycles. The number of aliphatic carboxylic acids is 1. The lowest BCUT2D eigenvalue weighted by atomic mass is 10.2. The molecule has 0 saturated heterocycles. The molecule has 0 fully saturated rings. The molecule has 0 aliphatic carbocycles. The molecular weight excluding hydrogens is 548 g/mol. The summed E-state index contributed by atoms with van der Waals surface area (Å²) in [5.41, 5.74) is -0.0121. The van der Waals surface area contributed by atoms with Gasteiger partial charge in [-0.25, -0.2) is 27.9 Å². The normalized spacial score (nSPS) is 11.7. The number of halogens is 6. The highest BCUT2D eigenvalue weighted by atomic mass is 32.2. The van der Waals surface area contributed by atoms with Crippen LogP contribution >= 0.6 is 0 Å². The molecule has 0 amide bonds. The zero-order valence-corrected chi connectivity index (χ0v) is 20.2. The first-order valence-corrected chi connectivity index (χ1v) is 11.5. The summed E-state index contributed by atoms with van der Waals surface area (Å²) < 4.78 is 101. The molecule has 10 nitrogen and oxygen atoms in total. The van der Waals surface area contributed by atoms with Crippen molar-refractivity contribution in [3.05, 3.63) is 60.4 Å². The average Bonchev–Trinajstić information content (AvgIpc) is 2.84. The van der Waals surface area contributed by atoms with Crippen LogP contribution in [0.5, 0.6) is 5.75 Å². The fourth-order valence-corrected chi connectivity index (χ4v) is 3.35. The lowest BCUT2D eigenvalue weighted by molar-refractivity contribution is -0.192. The van der Waals surface area contributed by atoms with E-state index in [1.54, 1.807) is 0 Å². The molecule has 1 heterocycles. The number of aromatic nitrogens is 2. The van der Waals surface area contributed by atoms with Crippen molar-refractivity contribution in [3.63, 3.8) is 0 Å². The van der Waals surface area contributed by atoms with Gasteiger partial charge in [-0.2, -0.15) is 26.3 Å². The Labute approximate surface area is 211 Å². The number of sulfonamides is 1. The Morgan fingerprint density at radius 2 is 1.47 bits per heavy atom. The third kappa shape index (κ3) is 8.48. The van der Waals surface area contributed by atoms with Crippen LogP contribution in [0.25, 0.3) is 0 Å². The molecule has 0 aliphatic heterocycles. The Morgan fingerprint density at radius 3 is 1.95 bits per heavy atom. The summed E-state index contributed by atoms with van der Waals surface area (Å²) in [6, 6.07) is 10.3. The van der Waals surface area contributed by atoms with E-state index >= 15 is 0 Å². The van der Waals surface area contributed by atoms with Crippen molar-refractivity contribution in [3.8, 4) is 5.75 Å². The van der Waals surface area contributed by atoms with Gasteiger partial charge in [0, 0.05) is 11.8 Å². The summed E-state index contributed by atoms with van der Waals surface area (Å²) in [6.45, 7) is 0. The number of carboxylic acids is 1. The van der Waals surface area contributed by atoms with Crippen molar-refractivity contribution in [1.29, 1.82) is 0 Å². The van der Waals surface area contributed by atoms with Crippen LogP contribution in [0, 0.1) is 0 Å². The first-order valence-electron chi connectivity index (χ1n) is 10.0. The molecule has 17 heteroatoms. The minimum absolute atomic E-state index is 0.0236. The van der Waals surface area contributed by atoms with Gasteiger partial charge < -0.3 is 20.5 Å². The Bertz CT molecular complexity index is 1370. The standard InChI is InChI=1S/C19H18F3N5O3S.C2HF3O2/c1-23-31(28,29)14-7-8-16(30-2)15(9-14)27-18-10-17(24-11-25-18)26-13-5-3-12(4-6-13)19(20,21)22;3-2(4,5)1(6)7/h3-11,23H,1-2H3,(H2,24,25,26,27);(H,6,7). The SMILES string of the molecule is CNS(=O)(=O)c1ccc(OC)c(Nc2cc(Nc3ccc(C(F)(F)F)cc3)ncn2)c1.O=C(O)C(F)(F)F. The molecule has 0 spiro atoms. The van der Waals surface area contributed by atoms with Gasteiger partial charge in [-0.15, -0.1) is 0 Å². The lowest BCUT2D eigenvalue weighted by Crippen LogP contribution is -2.21. The number of methoxy groups -OCH3 is 1. The van der Waals surface area contributed by atoms with E-state index in [9.17, 15) is 34.8 Å². The molecule has 0 atom stereocenters. The predicted octanol–water partition coefficient (Wildman–Crippen LogP) is 4.53. The number of ether oxygens (including phenoxy) is 1. The molecule has 206 valence electrons. The molecule has 4 N–H and O–H groups in total. The maximum Gasteiger partial charge on any atom is 0.490 e. The third-order valence-corrected chi connectivity index (χ3v) is 5.82. The van der Waals surface area contributed by atoms with Crippen LogP contribution in [-0.2, 0) is 21.0 Å². The quantitative estimate of drug-likeness (QED) is 0.303. The summed E-state index contributed by atoms with van der Waals surface area (Å²) in [7, 11) is -0.935. The molecule has 0 radical (unpaired) electrons. The minimum atomic E-state index is -5.08. The highest BCUT2D eigenvalue weighted by Gasteiger charge is 2.38. The van der Waals surface area contributed by atoms with Gasteiger partial charge in [-0.05, 0) is 49.5 Å². The molecule has 0 unspecified atom stereocenters. The molecule has 2 aromatic carbocycles. The van der Waals surface area contributed by atoms with Gasteiger partial charge in [0.05, 0.1) is 23.3 Å². The van der Waals surface area contributed by atoms with Crippen molar-refractivity contribution in [2.24, 2.45) is 0 Å². The first-order chi connectivity index (χ1) is 17.6. The molecule has 1 aromatic heterocycles. The monoisotopic (exact) mass is 567 g/mol. The van der Waals surface area contributed by atoms with E-state index in [0.717, 1.165) is 12.1 Å². The second kappa shape index (κ2) is 12.0. The van der Waals surface area contributed by atoms with Crippen LogP contribution in [0.15, 0.2) is 59.8 Å². The van der Waals surface area contributed by atoms with Gasteiger partial charge in [0.25, 0.3) is 0 Å². The topological polar surface area (TPSA) is 143 Å². The number of alkyl halides is 6. The Kier molecular flexibility index (Phi) is 9.47. The Morgan fingerprint density at radius 1 is 0.921 bits per heavy atom. The van der Waals surface area contributed by atoms with Crippen LogP contribution in [0.1, 0.15) is 5.56 Å². The van der Waals surface area contributed by atoms with Gasteiger partial charge in [-0.1, -0.05) is 0 Å². The van der Waals surface area contributed by atoms with Crippen LogP contribution in [0.3, 0.4) is 0 Å². The predicted molar refractivity (Wildman–Crippen MR) is 123 cm³/mol. The first kappa shape index (κ1) is 30.1. The number of nitrogens with one attached hydrogen (secondary N) is 3. The summed E-state index contributed by atoms with van der Waals surface area (Å²) in [5, 5.41) is 13.0. The number of hydrogen-bond acceptors (Lipinski definition) is 8. The fourth-order valence-electron chi connectivity index (χ4n) is 2.59. The van der Waals surface area contributed by atoms with Crippen molar-refractivity contribution < 1.29 is 49.4 Å². The summed E-state index contributed by atoms with van der Waals surface area (Å²) in [4.78, 5) is 17.0. The van der Waals surface area contributed by atoms with E-state index in [1.165, 1.54) is 56.9 Å². The number of benzene rings is 2. The fraction of sp³-hybridized carbons (Fsp3) is 0.190. The highest BCUT2D eigenvalue weighted by molar-refractivity contribution is 7.89. The highest BCUT2D eigenvalue weighted by Crippen LogP contribution is 2.32. The van der Waals surface area contributed by atoms with Crippen LogP contribution in [0.4, 0.5) is 49.4 Å². The van der Waals surface area contributed by atoms with Crippen LogP contribution < -0.4 is 20.1 Å². The number of carboxylic acid groups (broad SMARTS) is 1. The number of carbonyl (C=O) groups is 1. The van der Waals surface area contributed by atoms with Gasteiger partial charge in [0.2, 0.25) is 10.0 Å². The smallest absolute Gasteiger partial charge is 0.490 e. The number of hydrogen-bond donors (Lipinski definition) is 4. The van der Waals surface area contributed by atoms with E-state index in [0.29, 0.717) is 28.8 Å². The van der Waals surface area contributed by atoms with Crippen LogP contribution in [-0.4, -0.2) is 49.8 Å². The molecule has 38 heavy (non-hydrogen) atoms. The third-order valence-electron chi connectivity index (χ3n) is 4.41. The number of anilines is 4. The van der Waals surface area contributed by atoms with E-state index < -0.39 is 33.9 Å². The summed E-state index contributed by atoms with van der Waals surface area (Å²) >= 11 is 0. The molecule has 0 aliphatic rings. The second-order valence-electron chi connectivity index (χ2n) is 6.99. The molecule has 3 rings (SSSR count). The van der Waals surface area contributed by atoms with Gasteiger partial charge in [-0.3, -0.25) is 0 Å². The number of nitrogens with zero attached hydrogens (tertiary/aromatic N) is 2. The molecule has 0 bridgehead atoms. The van der Waals surface area contributed by atoms with Crippen LogP contribution in [0.2, 0.25) is 0 Å². The Balaban J connectivity index is 0.000000638. The van der Waals surface area contributed by atoms with Gasteiger partial charge in [0.1, 0.15) is 23.7 Å². The van der Waals surface area contributed by atoms with Crippen molar-refractivity contribution in [1.82, 2.24) is 14.7 Å². The second-order valence-corrected chi connectivity index (χ2v) is 8.87. The van der Waals surface area contributed by atoms with E-state index in [1.807, 2.05) is 0 Å². The van der Waals surface area contributed by atoms with E-state index in [-0.39, 0.29) is 4.90 Å². The summed E-state index contributed by atoms with van der Waals surface area (Å²) in [5.74, 6) is -1.75. The van der Waals surface area contributed by atoms with Crippen molar-refractivity contribution in [2.45, 2.75) is 17.2 Å². The lowest BCUT2D eigenvalue weighted by Gasteiger charge is -2.13. The van der Waals surface area contributed by atoms with E-state index in [4.69, 9.17) is 14.6 Å². The Hall–Kier alpha value is -4.12. The molecule has 3 aromatic rings. The number of rotatable bonds is 7. The zero-order valence-electron chi connectivity index (χ0n) is 19.3. The maximum atomic E-state index is 12.7. The molecular formula is C21H19F6N5O5S. The average molecular weight is 567 g/mol. The summed E-state index contributed by atoms with van der Waals surface area (Å²) in [6.07, 6.45) is -8.26. The van der Waals surface area contributed by atoms with Crippen molar-refractivity contribution >= 4 is 39.0 Å². The van der Waals surface area contributed by atoms with Crippen molar-refractivity contribution in [2.75, 3.05) is 24.8 Å². The van der Waals surface area contributed by atoms with E-state index in [2.05, 4.69) is 25.3 Å². The zero-order chi connectivity index (χ0) is 28.7. The largest absolute Gasteiger partial charge is 0.495 e. The maximum absolute atomic E-state index is 12.7. The minimum Gasteiger partial charge on any atom is -0.495 e. The van der Waals surface area contributed by atoms with Gasteiger partial charge in [0.15, 0.2) is 0 Å². The van der Waals surface area contributed by atoms with Gasteiger partial charge >= 0.3 is 18.3 Å².